The molecule has 0 atom stereocenters. The molecule has 1 heterocycles. The van der Waals surface area contributed by atoms with Gasteiger partial charge >= 0.3 is 0 Å². The van der Waals surface area contributed by atoms with Crippen LogP contribution in [-0.4, -0.2) is 22.5 Å². The average Bonchev–Trinajstić information content (AvgIpc) is 2.39. The summed E-state index contributed by atoms with van der Waals surface area (Å²) in [5.74, 6) is 0. The minimum Gasteiger partial charge on any atom is -0.341 e. The first kappa shape index (κ1) is 12.8. The molecule has 7 heteroatoms. The number of rotatable bonds is 1. The second-order valence-electron chi connectivity index (χ2n) is 4.42. The summed E-state index contributed by atoms with van der Waals surface area (Å²) in [5, 5.41) is 0. The largest absolute Gasteiger partial charge is 0.341 e. The Morgan fingerprint density at radius 2 is 1.90 bits per heavy atom. The minimum absolute atomic E-state index is 0.165. The monoisotopic (exact) mass is 290 g/mol. The first-order chi connectivity index (χ1) is 9.38. The number of fused-ring (bicyclic) bond motifs is 2. The topological polar surface area (TPSA) is 89.3 Å². The van der Waals surface area contributed by atoms with E-state index in [4.69, 9.17) is 4.55 Å². The molecule has 6 nitrogen and oxygen atoms in total. The van der Waals surface area contributed by atoms with Crippen molar-refractivity contribution in [3.8, 4) is 11.4 Å². The lowest BCUT2D eigenvalue weighted by Gasteiger charge is -2.14. The van der Waals surface area contributed by atoms with E-state index < -0.39 is 20.4 Å². The molecule has 1 N–H and O–H groups in total. The van der Waals surface area contributed by atoms with Crippen LogP contribution in [0.1, 0.15) is 0 Å². The number of para-hydroxylation sites is 2. The zero-order valence-corrected chi connectivity index (χ0v) is 11.3. The first-order valence-electron chi connectivity index (χ1n) is 5.75. The lowest BCUT2D eigenvalue weighted by atomic mass is 10.1. The molecule has 0 fully saturated rings. The van der Waals surface area contributed by atoms with Crippen molar-refractivity contribution in [1.82, 2.24) is 9.55 Å². The fourth-order valence-electron chi connectivity index (χ4n) is 2.18. The molecule has 102 valence electrons. The molecule has 3 rings (SSSR count). The van der Waals surface area contributed by atoms with E-state index in [-0.39, 0.29) is 5.69 Å². The summed E-state index contributed by atoms with van der Waals surface area (Å²) >= 11 is 0. The van der Waals surface area contributed by atoms with Crippen molar-refractivity contribution in [2.75, 3.05) is 0 Å². The number of aromatic nitrogens is 2. The van der Waals surface area contributed by atoms with E-state index >= 15 is 0 Å². The Balaban J connectivity index is 2.54. The predicted molar refractivity (Wildman–Crippen MR) is 73.4 cm³/mol. The van der Waals surface area contributed by atoms with Gasteiger partial charge < -0.3 is 4.57 Å². The summed E-state index contributed by atoms with van der Waals surface area (Å²) in [6, 6.07) is 9.32. The van der Waals surface area contributed by atoms with E-state index in [9.17, 15) is 13.2 Å². The van der Waals surface area contributed by atoms with Crippen LogP contribution < -0.4 is 5.43 Å². The molecular formula is C13H10N2O4S. The van der Waals surface area contributed by atoms with Crippen molar-refractivity contribution in [2.45, 2.75) is 4.90 Å². The van der Waals surface area contributed by atoms with E-state index in [0.717, 1.165) is 11.6 Å². The maximum Gasteiger partial charge on any atom is 0.294 e. The number of hydrogen-bond donors (Lipinski definition) is 1. The fraction of sp³-hybridized carbons (Fsp3) is 0.0769. The average molecular weight is 290 g/mol. The summed E-state index contributed by atoms with van der Waals surface area (Å²) in [6.45, 7) is 0. The second kappa shape index (κ2) is 4.12. The summed E-state index contributed by atoms with van der Waals surface area (Å²) in [7, 11) is -2.72. The van der Waals surface area contributed by atoms with Gasteiger partial charge in [-0.1, -0.05) is 12.1 Å². The zero-order chi connectivity index (χ0) is 14.5. The van der Waals surface area contributed by atoms with Crippen LogP contribution in [0.4, 0.5) is 0 Å². The molecule has 0 saturated carbocycles. The van der Waals surface area contributed by atoms with Crippen molar-refractivity contribution in [3.63, 3.8) is 0 Å². The second-order valence-corrected chi connectivity index (χ2v) is 5.85. The molecule has 0 spiro atoms. The van der Waals surface area contributed by atoms with Crippen LogP contribution in [0.15, 0.2) is 46.1 Å². The quantitative estimate of drug-likeness (QED) is 0.538. The van der Waals surface area contributed by atoms with Crippen LogP contribution in [0.25, 0.3) is 22.4 Å². The SMILES string of the molecule is Cn1c2cc(S(=O)(=O)O)cc(=O)c-2nc2ccccc21. The van der Waals surface area contributed by atoms with Gasteiger partial charge in [0.2, 0.25) is 5.43 Å². The lowest BCUT2D eigenvalue weighted by molar-refractivity contribution is 0.483. The molecular weight excluding hydrogens is 280 g/mol. The normalized spacial score (nSPS) is 12.1. The maximum atomic E-state index is 12.0. The highest BCUT2D eigenvalue weighted by Crippen LogP contribution is 2.23. The summed E-state index contributed by atoms with van der Waals surface area (Å²) < 4.78 is 33.1. The highest BCUT2D eigenvalue weighted by Gasteiger charge is 2.19. The third-order valence-electron chi connectivity index (χ3n) is 3.16. The van der Waals surface area contributed by atoms with Gasteiger partial charge in [0.05, 0.1) is 21.6 Å². The summed E-state index contributed by atoms with van der Waals surface area (Å²) in [5.41, 5.74) is 1.37. The summed E-state index contributed by atoms with van der Waals surface area (Å²) in [6.07, 6.45) is 0. The first-order valence-corrected chi connectivity index (χ1v) is 7.19. The van der Waals surface area contributed by atoms with Crippen molar-refractivity contribution in [1.29, 1.82) is 0 Å². The number of benzene rings is 2. The molecule has 1 aromatic carbocycles. The fourth-order valence-corrected chi connectivity index (χ4v) is 2.69. The molecule has 0 unspecified atom stereocenters. The molecule has 0 aromatic heterocycles. The Kier molecular flexibility index (Phi) is 2.63. The van der Waals surface area contributed by atoms with E-state index in [0.29, 0.717) is 11.2 Å². The van der Waals surface area contributed by atoms with Crippen LogP contribution in [0.3, 0.4) is 0 Å². The molecule has 20 heavy (non-hydrogen) atoms. The third-order valence-corrected chi connectivity index (χ3v) is 3.99. The number of hydrogen-bond acceptors (Lipinski definition) is 4. The third kappa shape index (κ3) is 1.87. The smallest absolute Gasteiger partial charge is 0.294 e. The van der Waals surface area contributed by atoms with Crippen molar-refractivity contribution in [2.24, 2.45) is 7.05 Å². The van der Waals surface area contributed by atoms with Gasteiger partial charge in [0, 0.05) is 13.1 Å². The molecule has 1 aromatic rings. The van der Waals surface area contributed by atoms with E-state index in [2.05, 4.69) is 4.98 Å². The minimum atomic E-state index is -4.43. The van der Waals surface area contributed by atoms with Crippen LogP contribution in [0.5, 0.6) is 0 Å². The van der Waals surface area contributed by atoms with Gasteiger partial charge in [0.25, 0.3) is 10.1 Å². The highest BCUT2D eigenvalue weighted by atomic mass is 32.2. The Hall–Kier alpha value is -2.25. The maximum absolute atomic E-state index is 12.0. The van der Waals surface area contributed by atoms with E-state index in [1.807, 2.05) is 12.1 Å². The zero-order valence-electron chi connectivity index (χ0n) is 10.4. The van der Waals surface area contributed by atoms with Crippen molar-refractivity contribution in [3.05, 3.63) is 46.6 Å². The van der Waals surface area contributed by atoms with Crippen LogP contribution in [0.2, 0.25) is 0 Å². The molecule has 0 saturated heterocycles. The molecule has 2 aliphatic rings. The number of nitrogens with zero attached hydrogens (tertiary/aromatic N) is 2. The van der Waals surface area contributed by atoms with Gasteiger partial charge in [-0.3, -0.25) is 9.35 Å². The Morgan fingerprint density at radius 3 is 2.60 bits per heavy atom. The number of aryl methyl sites for hydroxylation is 1. The van der Waals surface area contributed by atoms with E-state index in [1.165, 1.54) is 6.07 Å². The summed E-state index contributed by atoms with van der Waals surface area (Å²) in [4.78, 5) is 15.8. The Morgan fingerprint density at radius 1 is 1.20 bits per heavy atom. The lowest BCUT2D eigenvalue weighted by Crippen LogP contribution is -2.15. The highest BCUT2D eigenvalue weighted by molar-refractivity contribution is 7.85. The molecule has 0 radical (unpaired) electrons. The van der Waals surface area contributed by atoms with Gasteiger partial charge in [0.1, 0.15) is 5.69 Å². The standard InChI is InChI=1S/C13H10N2O4S/c1-15-10-5-3-2-4-9(10)14-13-11(15)6-8(7-12(13)16)20(17,18)19/h2-7H,1H3,(H,17,18,19). The Labute approximate surface area is 114 Å². The van der Waals surface area contributed by atoms with Crippen molar-refractivity contribution >= 4 is 21.2 Å². The van der Waals surface area contributed by atoms with Gasteiger partial charge in [-0.2, -0.15) is 8.42 Å². The Bertz CT molecular complexity index is 960. The van der Waals surface area contributed by atoms with Crippen molar-refractivity contribution < 1.29 is 13.0 Å². The van der Waals surface area contributed by atoms with Crippen LogP contribution in [-0.2, 0) is 17.2 Å². The van der Waals surface area contributed by atoms with Gasteiger partial charge in [-0.05, 0) is 18.2 Å². The van der Waals surface area contributed by atoms with Crippen LogP contribution >= 0.6 is 0 Å². The molecule has 1 aliphatic carbocycles. The van der Waals surface area contributed by atoms with Gasteiger partial charge in [-0.15, -0.1) is 0 Å². The van der Waals surface area contributed by atoms with Crippen LogP contribution in [0, 0.1) is 0 Å². The molecule has 0 bridgehead atoms. The molecule has 1 aliphatic heterocycles. The van der Waals surface area contributed by atoms with Gasteiger partial charge in [0.15, 0.2) is 0 Å². The predicted octanol–water partition coefficient (Wildman–Crippen LogP) is 1.29. The molecule has 0 amide bonds. The van der Waals surface area contributed by atoms with Gasteiger partial charge in [-0.25, -0.2) is 4.98 Å². The van der Waals surface area contributed by atoms with E-state index in [1.54, 1.807) is 23.7 Å².